The van der Waals surface area contributed by atoms with E-state index in [0.29, 0.717) is 0 Å². The number of hydrogen-bond acceptors (Lipinski definition) is 4. The van der Waals surface area contributed by atoms with Gasteiger partial charge in [-0.05, 0) is 100 Å². The van der Waals surface area contributed by atoms with E-state index in [-0.39, 0.29) is 0 Å². The number of para-hydroxylation sites is 1. The zero-order chi connectivity index (χ0) is 38.2. The molecule has 4 heteroatoms. The van der Waals surface area contributed by atoms with E-state index in [1.54, 1.807) is 0 Å². The maximum Gasteiger partial charge on any atom is 0.136 e. The fourth-order valence-electron chi connectivity index (χ4n) is 8.82. The van der Waals surface area contributed by atoms with Crippen molar-refractivity contribution >= 4 is 102 Å². The molecule has 0 saturated heterocycles. The average Bonchev–Trinajstić information content (AvgIpc) is 3.99. The fraction of sp³-hybridized carbons (Fsp3) is 0. The van der Waals surface area contributed by atoms with Gasteiger partial charge in [0, 0.05) is 68.2 Å². The van der Waals surface area contributed by atoms with E-state index in [0.717, 1.165) is 44.6 Å². The second kappa shape index (κ2) is 13.3. The van der Waals surface area contributed by atoms with Gasteiger partial charge in [-0.2, -0.15) is 0 Å². The van der Waals surface area contributed by atoms with Crippen molar-refractivity contribution in [2.24, 2.45) is 0 Å². The van der Waals surface area contributed by atoms with Gasteiger partial charge in [0.2, 0.25) is 0 Å². The number of hydrogen-bond donors (Lipinski definition) is 0. The third kappa shape index (κ3) is 5.30. The van der Waals surface area contributed by atoms with Gasteiger partial charge in [0.25, 0.3) is 0 Å². The summed E-state index contributed by atoms with van der Waals surface area (Å²) >= 11 is 3.74. The number of benzene rings is 9. The summed E-state index contributed by atoms with van der Waals surface area (Å²) in [6.45, 7) is 0. The van der Waals surface area contributed by atoms with Crippen LogP contribution in [0, 0.1) is 0 Å². The first-order chi connectivity index (χ1) is 28.7. The number of fused-ring (bicyclic) bond motifs is 9. The Hall–Kier alpha value is -6.98. The number of anilines is 3. The minimum absolute atomic E-state index is 0.905. The van der Waals surface area contributed by atoms with E-state index in [9.17, 15) is 0 Å². The standard InChI is InChI=1S/C54H33NOS2/c1-4-17-47-45(11-1)52-40(13-8-18-48(52)56-47)34-22-28-37(29-23-34)55(38-30-24-35(25-31-38)41-14-9-21-51-53(41)46-12-3-6-20-50(46)57-51)39-32-26-36(27-33-39)42-15-7-16-44-43-10-2-5-19-49(43)58-54(42)44/h1-33H. The van der Waals surface area contributed by atoms with Crippen LogP contribution in [-0.2, 0) is 0 Å². The molecule has 0 aliphatic rings. The van der Waals surface area contributed by atoms with E-state index in [1.807, 2.05) is 34.8 Å². The summed E-state index contributed by atoms with van der Waals surface area (Å²) < 4.78 is 11.5. The van der Waals surface area contributed by atoms with Crippen LogP contribution in [0.1, 0.15) is 0 Å². The Kier molecular flexibility index (Phi) is 7.62. The van der Waals surface area contributed by atoms with E-state index >= 15 is 0 Å². The molecule has 0 amide bonds. The normalized spacial score (nSPS) is 11.8. The largest absolute Gasteiger partial charge is 0.456 e. The van der Waals surface area contributed by atoms with Crippen LogP contribution in [-0.4, -0.2) is 0 Å². The number of rotatable bonds is 6. The molecule has 0 N–H and O–H groups in total. The maximum atomic E-state index is 6.25. The molecule has 3 heterocycles. The van der Waals surface area contributed by atoms with Crippen LogP contribution >= 0.6 is 22.7 Å². The van der Waals surface area contributed by atoms with Crippen molar-refractivity contribution in [3.05, 3.63) is 200 Å². The molecule has 0 radical (unpaired) electrons. The second-order valence-electron chi connectivity index (χ2n) is 14.8. The lowest BCUT2D eigenvalue weighted by Gasteiger charge is -2.26. The second-order valence-corrected chi connectivity index (χ2v) is 16.9. The number of nitrogens with zero attached hydrogens (tertiary/aromatic N) is 1. The molecule has 0 aliphatic heterocycles. The summed E-state index contributed by atoms with van der Waals surface area (Å²) in [6.07, 6.45) is 0. The van der Waals surface area contributed by atoms with Crippen LogP contribution in [0.5, 0.6) is 0 Å². The lowest BCUT2D eigenvalue weighted by molar-refractivity contribution is 0.669. The predicted octanol–water partition coefficient (Wildman–Crippen LogP) is 16.8. The highest BCUT2D eigenvalue weighted by Crippen LogP contribution is 2.44. The van der Waals surface area contributed by atoms with Gasteiger partial charge in [-0.3, -0.25) is 0 Å². The SMILES string of the molecule is c1ccc2c(c1)oc1cccc(-c3ccc(N(c4ccc(-c5cccc6c5sc5ccccc56)cc4)c4ccc(-c5cccc6sc7ccccc7c56)cc4)cc3)c12. The highest BCUT2D eigenvalue weighted by molar-refractivity contribution is 7.26. The molecule has 9 aromatic carbocycles. The first-order valence-electron chi connectivity index (χ1n) is 19.6. The monoisotopic (exact) mass is 775 g/mol. The third-order valence-corrected chi connectivity index (χ3v) is 13.9. The Bertz CT molecular complexity index is 3340. The van der Waals surface area contributed by atoms with Crippen LogP contribution in [0.15, 0.2) is 205 Å². The summed E-state index contributed by atoms with van der Waals surface area (Å²) in [4.78, 5) is 2.37. The van der Waals surface area contributed by atoms with E-state index in [4.69, 9.17) is 4.42 Å². The van der Waals surface area contributed by atoms with Crippen molar-refractivity contribution in [2.75, 3.05) is 4.90 Å². The highest BCUT2D eigenvalue weighted by atomic mass is 32.1. The summed E-state index contributed by atoms with van der Waals surface area (Å²) in [7, 11) is 0. The topological polar surface area (TPSA) is 16.4 Å². The number of thiophene rings is 2. The lowest BCUT2D eigenvalue weighted by atomic mass is 9.98. The molecule has 3 aromatic heterocycles. The van der Waals surface area contributed by atoms with Crippen LogP contribution in [0.25, 0.3) is 95.7 Å². The van der Waals surface area contributed by atoms with Crippen molar-refractivity contribution < 1.29 is 4.42 Å². The lowest BCUT2D eigenvalue weighted by Crippen LogP contribution is -2.09. The van der Waals surface area contributed by atoms with Gasteiger partial charge >= 0.3 is 0 Å². The molecule has 0 atom stereocenters. The summed E-state index contributed by atoms with van der Waals surface area (Å²) in [5.41, 5.74) is 12.4. The summed E-state index contributed by atoms with van der Waals surface area (Å²) in [5, 5.41) is 7.56. The van der Waals surface area contributed by atoms with Gasteiger partial charge in [0.1, 0.15) is 11.2 Å². The van der Waals surface area contributed by atoms with E-state index in [1.165, 1.54) is 68.2 Å². The summed E-state index contributed by atoms with van der Waals surface area (Å²) in [6, 6.07) is 72.6. The van der Waals surface area contributed by atoms with Crippen molar-refractivity contribution in [3.63, 3.8) is 0 Å². The quantitative estimate of drug-likeness (QED) is 0.167. The molecule has 58 heavy (non-hydrogen) atoms. The zero-order valence-corrected chi connectivity index (χ0v) is 32.9. The van der Waals surface area contributed by atoms with Gasteiger partial charge in [0.15, 0.2) is 0 Å². The molecule has 0 saturated carbocycles. The smallest absolute Gasteiger partial charge is 0.136 e. The number of furan rings is 1. The first-order valence-corrected chi connectivity index (χ1v) is 21.2. The minimum Gasteiger partial charge on any atom is -0.456 e. The molecular formula is C54H33NOS2. The molecule has 0 aliphatic carbocycles. The van der Waals surface area contributed by atoms with Crippen molar-refractivity contribution in [1.82, 2.24) is 0 Å². The van der Waals surface area contributed by atoms with Crippen LogP contribution in [0.2, 0.25) is 0 Å². The first kappa shape index (κ1) is 33.2. The van der Waals surface area contributed by atoms with Gasteiger partial charge < -0.3 is 9.32 Å². The molecule has 0 fully saturated rings. The van der Waals surface area contributed by atoms with Gasteiger partial charge in [0.05, 0.1) is 0 Å². The Morgan fingerprint density at radius 1 is 0.310 bits per heavy atom. The molecule has 0 unspecified atom stereocenters. The van der Waals surface area contributed by atoms with Crippen LogP contribution in [0.4, 0.5) is 17.1 Å². The Morgan fingerprint density at radius 3 is 1.47 bits per heavy atom. The van der Waals surface area contributed by atoms with Crippen LogP contribution in [0.3, 0.4) is 0 Å². The molecular weight excluding hydrogens is 743 g/mol. The Morgan fingerprint density at radius 2 is 0.776 bits per heavy atom. The predicted molar refractivity (Wildman–Crippen MR) is 250 cm³/mol. The molecule has 0 bridgehead atoms. The zero-order valence-electron chi connectivity index (χ0n) is 31.2. The Labute approximate surface area is 343 Å². The molecule has 272 valence electrons. The maximum absolute atomic E-state index is 6.25. The van der Waals surface area contributed by atoms with Gasteiger partial charge in [-0.15, -0.1) is 22.7 Å². The van der Waals surface area contributed by atoms with Gasteiger partial charge in [-0.1, -0.05) is 133 Å². The van der Waals surface area contributed by atoms with Crippen LogP contribution < -0.4 is 4.90 Å². The molecule has 0 spiro atoms. The van der Waals surface area contributed by atoms with Crippen molar-refractivity contribution in [3.8, 4) is 33.4 Å². The van der Waals surface area contributed by atoms with E-state index in [2.05, 4.69) is 193 Å². The summed E-state index contributed by atoms with van der Waals surface area (Å²) in [5.74, 6) is 0. The molecule has 12 aromatic rings. The Balaban J connectivity index is 0.968. The van der Waals surface area contributed by atoms with Gasteiger partial charge in [-0.25, -0.2) is 0 Å². The minimum atomic E-state index is 0.905. The third-order valence-electron chi connectivity index (χ3n) is 11.5. The van der Waals surface area contributed by atoms with Crippen molar-refractivity contribution in [1.29, 1.82) is 0 Å². The van der Waals surface area contributed by atoms with Crippen molar-refractivity contribution in [2.45, 2.75) is 0 Å². The molecule has 2 nitrogen and oxygen atoms in total. The average molecular weight is 776 g/mol. The highest BCUT2D eigenvalue weighted by Gasteiger charge is 2.18. The van der Waals surface area contributed by atoms with E-state index < -0.39 is 0 Å². The molecule has 12 rings (SSSR count). The fourth-order valence-corrected chi connectivity index (χ4v) is 11.2.